The zero-order chi connectivity index (χ0) is 25.4. The second-order valence-corrected chi connectivity index (χ2v) is 15.2. The second-order valence-electron chi connectivity index (χ2n) is 9.62. The van der Waals surface area contributed by atoms with Gasteiger partial charge in [0, 0.05) is 15.2 Å². The average molecular weight is 585 g/mol. The van der Waals surface area contributed by atoms with Crippen LogP contribution >= 0.6 is 22.6 Å². The van der Waals surface area contributed by atoms with Crippen molar-refractivity contribution in [3.05, 3.63) is 84.0 Å². The Bertz CT molecular complexity index is 1320. The van der Waals surface area contributed by atoms with Crippen molar-refractivity contribution in [2.45, 2.75) is 53.4 Å². The number of nitrogens with zero attached hydrogens (tertiary/aromatic N) is 2. The SMILES string of the molecule is Cc1ccc(-c2c(C(C#N)O[Si](C)(C)C)cc([N+](=O)[O-])c(-c3ccc(C)c(I)c3)c2C)cc1C. The van der Waals surface area contributed by atoms with Gasteiger partial charge in [0.2, 0.25) is 0 Å². The van der Waals surface area contributed by atoms with Crippen LogP contribution in [0.4, 0.5) is 5.69 Å². The molecule has 0 saturated carbocycles. The molecule has 176 valence electrons. The number of hydrogen-bond acceptors (Lipinski definition) is 4. The molecule has 34 heavy (non-hydrogen) atoms. The summed E-state index contributed by atoms with van der Waals surface area (Å²) in [7, 11) is -2.11. The highest BCUT2D eigenvalue weighted by molar-refractivity contribution is 14.1. The number of rotatable bonds is 6. The molecule has 1 atom stereocenters. The second kappa shape index (κ2) is 9.98. The lowest BCUT2D eigenvalue weighted by Gasteiger charge is -2.26. The fourth-order valence-corrected chi connectivity index (χ4v) is 5.48. The fourth-order valence-electron chi connectivity index (χ4n) is 4.08. The minimum atomic E-state index is -2.11. The largest absolute Gasteiger partial charge is 0.399 e. The predicted molar refractivity (Wildman–Crippen MR) is 148 cm³/mol. The lowest BCUT2D eigenvalue weighted by atomic mass is 9.85. The number of benzene rings is 3. The van der Waals surface area contributed by atoms with Gasteiger partial charge in [-0.05, 0) is 115 Å². The van der Waals surface area contributed by atoms with Crippen LogP contribution in [-0.2, 0) is 4.43 Å². The maximum Gasteiger partial charge on any atom is 0.277 e. The molecule has 0 spiro atoms. The van der Waals surface area contributed by atoms with Crippen molar-refractivity contribution in [2.24, 2.45) is 0 Å². The Balaban J connectivity index is 2.46. The van der Waals surface area contributed by atoms with Crippen molar-refractivity contribution in [1.29, 1.82) is 5.26 Å². The third-order valence-corrected chi connectivity index (χ3v) is 8.02. The Morgan fingerprint density at radius 3 is 2.03 bits per heavy atom. The van der Waals surface area contributed by atoms with Gasteiger partial charge in [0.15, 0.2) is 14.4 Å². The van der Waals surface area contributed by atoms with E-state index in [1.807, 2.05) is 70.7 Å². The van der Waals surface area contributed by atoms with E-state index < -0.39 is 14.4 Å². The van der Waals surface area contributed by atoms with Crippen molar-refractivity contribution in [1.82, 2.24) is 0 Å². The van der Waals surface area contributed by atoms with Gasteiger partial charge in [-0.3, -0.25) is 10.1 Å². The van der Waals surface area contributed by atoms with Gasteiger partial charge in [-0.1, -0.05) is 30.3 Å². The molecule has 0 amide bonds. The van der Waals surface area contributed by atoms with Crippen LogP contribution in [0.5, 0.6) is 0 Å². The first kappa shape index (κ1) is 26.1. The van der Waals surface area contributed by atoms with Crippen LogP contribution in [0.3, 0.4) is 0 Å². The van der Waals surface area contributed by atoms with Crippen molar-refractivity contribution < 1.29 is 9.35 Å². The molecule has 3 aromatic carbocycles. The summed E-state index contributed by atoms with van der Waals surface area (Å²) in [4.78, 5) is 11.9. The highest BCUT2D eigenvalue weighted by atomic mass is 127. The van der Waals surface area contributed by atoms with Crippen LogP contribution in [0.25, 0.3) is 22.3 Å². The summed E-state index contributed by atoms with van der Waals surface area (Å²) in [5.74, 6) is 0. The summed E-state index contributed by atoms with van der Waals surface area (Å²) in [6.45, 7) is 14.1. The van der Waals surface area contributed by atoms with E-state index in [-0.39, 0.29) is 10.6 Å². The first-order valence-corrected chi connectivity index (χ1v) is 15.6. The molecular weight excluding hydrogens is 555 g/mol. The van der Waals surface area contributed by atoms with Crippen LogP contribution in [0.2, 0.25) is 19.6 Å². The number of halogens is 1. The average Bonchev–Trinajstić information content (AvgIpc) is 2.74. The molecule has 0 aromatic heterocycles. The minimum absolute atomic E-state index is 0.0147. The van der Waals surface area contributed by atoms with E-state index in [1.165, 1.54) is 0 Å². The molecule has 3 aromatic rings. The highest BCUT2D eigenvalue weighted by Crippen LogP contribution is 2.44. The minimum Gasteiger partial charge on any atom is -0.399 e. The topological polar surface area (TPSA) is 76.2 Å². The summed E-state index contributed by atoms with van der Waals surface area (Å²) in [6, 6.07) is 15.9. The Morgan fingerprint density at radius 2 is 1.53 bits per heavy atom. The highest BCUT2D eigenvalue weighted by Gasteiger charge is 2.31. The monoisotopic (exact) mass is 584 g/mol. The Labute approximate surface area is 216 Å². The molecule has 0 fully saturated rings. The van der Waals surface area contributed by atoms with E-state index in [9.17, 15) is 15.4 Å². The third kappa shape index (κ3) is 5.40. The summed E-state index contributed by atoms with van der Waals surface area (Å²) < 4.78 is 7.25. The Hall–Kier alpha value is -2.54. The summed E-state index contributed by atoms with van der Waals surface area (Å²) in [5, 5.41) is 22.3. The van der Waals surface area contributed by atoms with Crippen molar-refractivity contribution in [3.63, 3.8) is 0 Å². The van der Waals surface area contributed by atoms with Gasteiger partial charge in [0.05, 0.1) is 16.6 Å². The maximum atomic E-state index is 12.3. The van der Waals surface area contributed by atoms with Crippen molar-refractivity contribution in [2.75, 3.05) is 0 Å². The van der Waals surface area contributed by atoms with E-state index in [0.29, 0.717) is 11.1 Å². The molecule has 0 heterocycles. The lowest BCUT2D eigenvalue weighted by Crippen LogP contribution is -2.28. The molecule has 0 bridgehead atoms. The molecule has 0 radical (unpaired) electrons. The number of aryl methyl sites for hydroxylation is 3. The predicted octanol–water partition coefficient (Wildman–Crippen LogP) is 8.18. The van der Waals surface area contributed by atoms with Gasteiger partial charge >= 0.3 is 0 Å². The number of nitro groups is 1. The smallest absolute Gasteiger partial charge is 0.277 e. The van der Waals surface area contributed by atoms with Gasteiger partial charge in [-0.15, -0.1) is 0 Å². The zero-order valence-corrected chi connectivity index (χ0v) is 23.8. The molecule has 3 rings (SSSR count). The van der Waals surface area contributed by atoms with E-state index >= 15 is 0 Å². The van der Waals surface area contributed by atoms with Crippen molar-refractivity contribution >= 4 is 36.6 Å². The van der Waals surface area contributed by atoms with Crippen LogP contribution in [-0.4, -0.2) is 13.2 Å². The molecule has 5 nitrogen and oxygen atoms in total. The standard InChI is InChI=1S/C27H29IN2O3Si/c1-16-8-10-20(12-18(16)3)26-19(4)27(21-11-9-17(2)23(28)13-21)24(30(31)32)14-22(26)25(15-29)33-34(5,6)7/h8-14,25H,1-7H3. The maximum absolute atomic E-state index is 12.3. The normalized spacial score (nSPS) is 12.3. The molecule has 0 saturated heterocycles. The zero-order valence-electron chi connectivity index (χ0n) is 20.6. The lowest BCUT2D eigenvalue weighted by molar-refractivity contribution is -0.384. The summed E-state index contributed by atoms with van der Waals surface area (Å²) in [5.41, 5.74) is 7.80. The molecule has 0 aliphatic carbocycles. The number of nitro benzene ring substituents is 1. The fraction of sp³-hybridized carbons (Fsp3) is 0.296. The van der Waals surface area contributed by atoms with E-state index in [1.54, 1.807) is 6.07 Å². The van der Waals surface area contributed by atoms with Gasteiger partial charge in [-0.25, -0.2) is 0 Å². The quantitative estimate of drug-likeness (QED) is 0.127. The number of nitriles is 1. The van der Waals surface area contributed by atoms with E-state index in [4.69, 9.17) is 4.43 Å². The first-order chi connectivity index (χ1) is 15.8. The van der Waals surface area contributed by atoms with Gasteiger partial charge in [-0.2, -0.15) is 5.26 Å². The molecular formula is C27H29IN2O3Si. The summed E-state index contributed by atoms with van der Waals surface area (Å²) >= 11 is 2.26. The Kier molecular flexibility index (Phi) is 7.65. The van der Waals surface area contributed by atoms with Crippen molar-refractivity contribution in [3.8, 4) is 28.3 Å². The van der Waals surface area contributed by atoms with Gasteiger partial charge < -0.3 is 4.43 Å². The van der Waals surface area contributed by atoms with E-state index in [2.05, 4.69) is 41.7 Å². The molecule has 0 aliphatic rings. The van der Waals surface area contributed by atoms with Gasteiger partial charge in [0.25, 0.3) is 5.69 Å². The summed E-state index contributed by atoms with van der Waals surface area (Å²) in [6.07, 6.45) is -0.895. The molecule has 7 heteroatoms. The van der Waals surface area contributed by atoms with E-state index in [0.717, 1.165) is 42.5 Å². The van der Waals surface area contributed by atoms with Gasteiger partial charge in [0.1, 0.15) is 0 Å². The third-order valence-electron chi connectivity index (χ3n) is 5.91. The Morgan fingerprint density at radius 1 is 0.941 bits per heavy atom. The van der Waals surface area contributed by atoms with Crippen LogP contribution in [0.15, 0.2) is 42.5 Å². The molecule has 0 N–H and O–H groups in total. The molecule has 1 unspecified atom stereocenters. The van der Waals surface area contributed by atoms with Crippen LogP contribution < -0.4 is 0 Å². The van der Waals surface area contributed by atoms with Crippen LogP contribution in [0.1, 0.15) is 33.9 Å². The number of hydrogen-bond donors (Lipinski definition) is 0. The first-order valence-electron chi connectivity index (χ1n) is 11.1. The molecule has 0 aliphatic heterocycles. The van der Waals surface area contributed by atoms with Crippen LogP contribution in [0, 0.1) is 52.7 Å².